The van der Waals surface area contributed by atoms with E-state index in [0.29, 0.717) is 31.9 Å². The minimum atomic E-state index is -0.458. The van der Waals surface area contributed by atoms with Gasteiger partial charge in [0.25, 0.3) is 0 Å². The summed E-state index contributed by atoms with van der Waals surface area (Å²) in [5.41, 5.74) is 0. The number of rotatable bonds is 5. The van der Waals surface area contributed by atoms with Gasteiger partial charge < -0.3 is 20.1 Å². The number of nitrogens with zero attached hydrogens (tertiary/aromatic N) is 1. The summed E-state index contributed by atoms with van der Waals surface area (Å²) in [4.78, 5) is 13.6. The average Bonchev–Trinajstić information content (AvgIpc) is 2.84. The minimum absolute atomic E-state index is 0.0654. The number of hydrogen-bond donors (Lipinski definition) is 2. The van der Waals surface area contributed by atoms with Crippen LogP contribution in [-0.4, -0.2) is 54.8 Å². The molecule has 0 bridgehead atoms. The number of likely N-dealkylation sites (N-methyl/N-ethyl adjacent to an activating group) is 1. The summed E-state index contributed by atoms with van der Waals surface area (Å²) in [7, 11) is 1.68. The Morgan fingerprint density at radius 1 is 1.60 bits per heavy atom. The van der Waals surface area contributed by atoms with Crippen molar-refractivity contribution in [3.63, 3.8) is 0 Å². The zero-order valence-electron chi connectivity index (χ0n) is 11.4. The van der Waals surface area contributed by atoms with Gasteiger partial charge in [0.15, 0.2) is 0 Å². The Morgan fingerprint density at radius 3 is 3.05 bits per heavy atom. The molecule has 2 unspecified atom stereocenters. The van der Waals surface area contributed by atoms with E-state index in [1.54, 1.807) is 24.1 Å². The van der Waals surface area contributed by atoms with E-state index in [-0.39, 0.29) is 17.8 Å². The SMILES string of the molecule is CN(CCOc1cccc(F)c1)C(=O)C1CC(O)CN1. The predicted octanol–water partition coefficient (Wildman–Crippen LogP) is 0.386. The number of β-amino-alcohol motifs (C(OH)–C–C–N with tert-alkyl or cyclic N) is 1. The molecule has 5 nitrogen and oxygen atoms in total. The molecule has 1 amide bonds. The molecule has 0 saturated carbocycles. The monoisotopic (exact) mass is 282 g/mol. The number of halogens is 1. The summed E-state index contributed by atoms with van der Waals surface area (Å²) in [5.74, 6) is 0.0285. The fourth-order valence-electron chi connectivity index (χ4n) is 2.14. The first-order chi connectivity index (χ1) is 9.56. The van der Waals surface area contributed by atoms with E-state index in [0.717, 1.165) is 0 Å². The van der Waals surface area contributed by atoms with Crippen LogP contribution >= 0.6 is 0 Å². The lowest BCUT2D eigenvalue weighted by Gasteiger charge is -2.21. The Hall–Kier alpha value is -1.66. The highest BCUT2D eigenvalue weighted by atomic mass is 19.1. The normalized spacial score (nSPS) is 21.8. The van der Waals surface area contributed by atoms with Crippen molar-refractivity contribution < 1.29 is 19.0 Å². The third-order valence-corrected chi connectivity index (χ3v) is 3.27. The molecular formula is C14H19FN2O3. The van der Waals surface area contributed by atoms with Gasteiger partial charge in [0.1, 0.15) is 18.2 Å². The molecule has 1 heterocycles. The topological polar surface area (TPSA) is 61.8 Å². The number of aliphatic hydroxyl groups excluding tert-OH is 1. The molecule has 2 rings (SSSR count). The number of aliphatic hydroxyl groups is 1. The number of nitrogens with one attached hydrogen (secondary N) is 1. The highest BCUT2D eigenvalue weighted by Crippen LogP contribution is 2.12. The van der Waals surface area contributed by atoms with Crippen molar-refractivity contribution in [1.29, 1.82) is 0 Å². The van der Waals surface area contributed by atoms with Crippen molar-refractivity contribution in [2.75, 3.05) is 26.7 Å². The smallest absolute Gasteiger partial charge is 0.239 e. The second-order valence-electron chi connectivity index (χ2n) is 4.92. The van der Waals surface area contributed by atoms with E-state index >= 15 is 0 Å². The zero-order valence-corrected chi connectivity index (χ0v) is 11.4. The van der Waals surface area contributed by atoms with Gasteiger partial charge in [-0.1, -0.05) is 6.07 Å². The van der Waals surface area contributed by atoms with Crippen LogP contribution in [-0.2, 0) is 4.79 Å². The van der Waals surface area contributed by atoms with Crippen LogP contribution in [0.2, 0.25) is 0 Å². The van der Waals surface area contributed by atoms with Gasteiger partial charge in [0.05, 0.1) is 18.7 Å². The summed E-state index contributed by atoms with van der Waals surface area (Å²) in [5, 5.41) is 12.4. The van der Waals surface area contributed by atoms with Gasteiger partial charge in [0, 0.05) is 19.7 Å². The highest BCUT2D eigenvalue weighted by molar-refractivity contribution is 5.82. The van der Waals surface area contributed by atoms with Crippen molar-refractivity contribution in [2.24, 2.45) is 0 Å². The quantitative estimate of drug-likeness (QED) is 0.820. The molecule has 1 aromatic rings. The second kappa shape index (κ2) is 6.67. The summed E-state index contributed by atoms with van der Waals surface area (Å²) < 4.78 is 18.3. The number of hydrogen-bond acceptors (Lipinski definition) is 4. The summed E-state index contributed by atoms with van der Waals surface area (Å²) in [6, 6.07) is 5.56. The van der Waals surface area contributed by atoms with Crippen molar-refractivity contribution in [3.8, 4) is 5.75 Å². The molecule has 1 fully saturated rings. The Bertz CT molecular complexity index is 469. The molecule has 2 N–H and O–H groups in total. The highest BCUT2D eigenvalue weighted by Gasteiger charge is 2.29. The first-order valence-corrected chi connectivity index (χ1v) is 6.61. The van der Waals surface area contributed by atoms with Crippen molar-refractivity contribution in [1.82, 2.24) is 10.2 Å². The average molecular weight is 282 g/mol. The Morgan fingerprint density at radius 2 is 2.40 bits per heavy atom. The Labute approximate surface area is 117 Å². The maximum absolute atomic E-state index is 12.9. The fraction of sp³-hybridized carbons (Fsp3) is 0.500. The first kappa shape index (κ1) is 14.7. The molecule has 1 aliphatic heterocycles. The van der Waals surface area contributed by atoms with Crippen molar-refractivity contribution in [2.45, 2.75) is 18.6 Å². The van der Waals surface area contributed by atoms with E-state index in [2.05, 4.69) is 5.32 Å². The van der Waals surface area contributed by atoms with Crippen molar-refractivity contribution in [3.05, 3.63) is 30.1 Å². The second-order valence-corrected chi connectivity index (χ2v) is 4.92. The maximum Gasteiger partial charge on any atom is 0.239 e. The number of carbonyl (C=O) groups is 1. The van der Waals surface area contributed by atoms with Gasteiger partial charge in [-0.3, -0.25) is 4.79 Å². The van der Waals surface area contributed by atoms with Crippen LogP contribution in [0.5, 0.6) is 5.75 Å². The molecule has 1 aliphatic rings. The van der Waals surface area contributed by atoms with E-state index in [9.17, 15) is 14.3 Å². The van der Waals surface area contributed by atoms with Gasteiger partial charge in [-0.25, -0.2) is 4.39 Å². The molecule has 1 aromatic carbocycles. The van der Waals surface area contributed by atoms with Gasteiger partial charge in [-0.15, -0.1) is 0 Å². The van der Waals surface area contributed by atoms with Crippen LogP contribution < -0.4 is 10.1 Å². The lowest BCUT2D eigenvalue weighted by atomic mass is 10.2. The molecule has 0 radical (unpaired) electrons. The summed E-state index contributed by atoms with van der Waals surface area (Å²) in [6.45, 7) is 1.15. The van der Waals surface area contributed by atoms with E-state index in [1.165, 1.54) is 12.1 Å². The molecule has 0 spiro atoms. The minimum Gasteiger partial charge on any atom is -0.492 e. The van der Waals surface area contributed by atoms with Gasteiger partial charge in [0.2, 0.25) is 5.91 Å². The third kappa shape index (κ3) is 3.91. The Balaban J connectivity index is 1.74. The summed E-state index contributed by atoms with van der Waals surface area (Å²) >= 11 is 0. The molecule has 6 heteroatoms. The van der Waals surface area contributed by atoms with E-state index in [1.807, 2.05) is 0 Å². The van der Waals surface area contributed by atoms with Crippen LogP contribution in [0.1, 0.15) is 6.42 Å². The van der Waals surface area contributed by atoms with E-state index in [4.69, 9.17) is 4.74 Å². The van der Waals surface area contributed by atoms with E-state index < -0.39 is 6.10 Å². The lowest BCUT2D eigenvalue weighted by Crippen LogP contribution is -2.43. The summed E-state index contributed by atoms with van der Waals surface area (Å²) in [6.07, 6.45) is -0.0191. The molecule has 2 atom stereocenters. The van der Waals surface area contributed by atoms with Crippen LogP contribution in [0.3, 0.4) is 0 Å². The molecule has 110 valence electrons. The third-order valence-electron chi connectivity index (χ3n) is 3.27. The largest absolute Gasteiger partial charge is 0.492 e. The maximum atomic E-state index is 12.9. The van der Waals surface area contributed by atoms with Gasteiger partial charge in [-0.2, -0.15) is 0 Å². The van der Waals surface area contributed by atoms with Crippen LogP contribution in [0.15, 0.2) is 24.3 Å². The first-order valence-electron chi connectivity index (χ1n) is 6.61. The zero-order chi connectivity index (χ0) is 14.5. The number of amides is 1. The lowest BCUT2D eigenvalue weighted by molar-refractivity contribution is -0.132. The standard InChI is InChI=1S/C14H19FN2O3/c1-17(14(19)13-8-11(18)9-16-13)5-6-20-12-4-2-3-10(15)7-12/h2-4,7,11,13,16,18H,5-6,8-9H2,1H3. The van der Waals surface area contributed by atoms with Crippen molar-refractivity contribution >= 4 is 5.91 Å². The number of carbonyl (C=O) groups excluding carboxylic acids is 1. The predicted molar refractivity (Wildman–Crippen MR) is 71.9 cm³/mol. The van der Waals surface area contributed by atoms with Gasteiger partial charge >= 0.3 is 0 Å². The van der Waals surface area contributed by atoms with Crippen LogP contribution in [0.4, 0.5) is 4.39 Å². The molecule has 0 aromatic heterocycles. The van der Waals surface area contributed by atoms with Crippen LogP contribution in [0.25, 0.3) is 0 Å². The Kier molecular flexibility index (Phi) is 4.92. The number of ether oxygens (including phenoxy) is 1. The molecular weight excluding hydrogens is 263 g/mol. The molecule has 0 aliphatic carbocycles. The molecule has 1 saturated heterocycles. The fourth-order valence-corrected chi connectivity index (χ4v) is 2.14. The number of benzene rings is 1. The molecule has 20 heavy (non-hydrogen) atoms. The van der Waals surface area contributed by atoms with Gasteiger partial charge in [-0.05, 0) is 18.6 Å². The van der Waals surface area contributed by atoms with Crippen LogP contribution in [0, 0.1) is 5.82 Å².